The summed E-state index contributed by atoms with van der Waals surface area (Å²) in [4.78, 5) is 0. The van der Waals surface area contributed by atoms with E-state index in [4.69, 9.17) is 0 Å². The molecule has 0 saturated heterocycles. The summed E-state index contributed by atoms with van der Waals surface area (Å²) in [7, 11) is 6.74. The van der Waals surface area contributed by atoms with Crippen molar-refractivity contribution in [2.75, 3.05) is 27.7 Å². The predicted molar refractivity (Wildman–Crippen MR) is 56.2 cm³/mol. The van der Waals surface area contributed by atoms with Crippen LogP contribution < -0.4 is 17.0 Å². The number of rotatable bonds is 6. The molecule has 0 heterocycles. The van der Waals surface area contributed by atoms with E-state index in [0.29, 0.717) is 0 Å². The maximum Gasteiger partial charge on any atom is 0.0783 e. The van der Waals surface area contributed by atoms with Gasteiger partial charge in [-0.1, -0.05) is 25.5 Å². The predicted octanol–water partition coefficient (Wildman–Crippen LogP) is -0.167. The van der Waals surface area contributed by atoms with Crippen molar-refractivity contribution in [1.29, 1.82) is 0 Å². The van der Waals surface area contributed by atoms with Gasteiger partial charge in [-0.25, -0.2) is 0 Å². The average molecular weight is 250 g/mol. The minimum Gasteiger partial charge on any atom is -1.00 e. The normalized spacial score (nSPS) is 11.7. The van der Waals surface area contributed by atoms with E-state index in [1.165, 1.54) is 32.2 Å². The first-order valence-corrected chi connectivity index (χ1v) is 5.01. The Labute approximate surface area is 94.2 Å². The smallest absolute Gasteiger partial charge is 0.0783 e. The lowest BCUT2D eigenvalue weighted by Gasteiger charge is -2.23. The van der Waals surface area contributed by atoms with Crippen molar-refractivity contribution < 1.29 is 21.5 Å². The monoisotopic (exact) mass is 249 g/mol. The molecule has 0 rings (SSSR count). The van der Waals surface area contributed by atoms with Crippen LogP contribution in [0.25, 0.3) is 0 Å². The Kier molecular flexibility index (Phi) is 10.5. The standard InChI is InChI=1S/C11H24N.BrH/c1-5-6-7-8-9-10-11-12(2,3)4;/h7-8H,5-6,9-11H2,1-4H3;1H/q+1;/p-1. The Bertz CT molecular complexity index is 125. The number of hydrogen-bond donors (Lipinski definition) is 0. The molecule has 0 N–H and O–H groups in total. The highest BCUT2D eigenvalue weighted by Gasteiger charge is 2.03. The van der Waals surface area contributed by atoms with E-state index in [1.807, 2.05) is 0 Å². The van der Waals surface area contributed by atoms with Gasteiger partial charge in [-0.2, -0.15) is 0 Å². The topological polar surface area (TPSA) is 0 Å². The Morgan fingerprint density at radius 1 is 1.00 bits per heavy atom. The van der Waals surface area contributed by atoms with Gasteiger partial charge in [0, 0.05) is 0 Å². The van der Waals surface area contributed by atoms with E-state index in [1.54, 1.807) is 0 Å². The van der Waals surface area contributed by atoms with Crippen LogP contribution in [0.15, 0.2) is 12.2 Å². The number of halogens is 1. The van der Waals surface area contributed by atoms with Crippen LogP contribution in [-0.4, -0.2) is 32.2 Å². The van der Waals surface area contributed by atoms with E-state index in [-0.39, 0.29) is 17.0 Å². The summed E-state index contributed by atoms with van der Waals surface area (Å²) >= 11 is 0. The molecule has 0 bridgehead atoms. The first kappa shape index (κ1) is 15.6. The maximum atomic E-state index is 2.32. The van der Waals surface area contributed by atoms with Crippen LogP contribution in [-0.2, 0) is 0 Å². The molecule has 80 valence electrons. The molecule has 13 heavy (non-hydrogen) atoms. The van der Waals surface area contributed by atoms with Gasteiger partial charge in [-0.15, -0.1) is 0 Å². The van der Waals surface area contributed by atoms with Crippen molar-refractivity contribution >= 4 is 0 Å². The maximum absolute atomic E-state index is 2.32. The molecule has 0 radical (unpaired) electrons. The van der Waals surface area contributed by atoms with Crippen LogP contribution in [0.5, 0.6) is 0 Å². The fourth-order valence-electron chi connectivity index (χ4n) is 1.09. The molecule has 0 aromatic rings. The molecule has 2 heteroatoms. The van der Waals surface area contributed by atoms with Crippen molar-refractivity contribution in [2.45, 2.75) is 32.6 Å². The highest BCUT2D eigenvalue weighted by Crippen LogP contribution is 1.99. The Hall–Kier alpha value is 0.180. The highest BCUT2D eigenvalue weighted by molar-refractivity contribution is 4.80. The zero-order chi connectivity index (χ0) is 9.45. The number of nitrogens with zero attached hydrogens (tertiary/aromatic N) is 1. The number of quaternary nitrogens is 1. The van der Waals surface area contributed by atoms with Crippen LogP contribution in [0.4, 0.5) is 0 Å². The molecule has 0 aromatic carbocycles. The minimum absolute atomic E-state index is 0. The quantitative estimate of drug-likeness (QED) is 0.349. The number of allylic oxidation sites excluding steroid dienone is 2. The SMILES string of the molecule is CCCC=CCCC[N+](C)(C)C.[Br-]. The third kappa shape index (κ3) is 15.0. The van der Waals surface area contributed by atoms with Crippen LogP contribution in [0.1, 0.15) is 32.6 Å². The Morgan fingerprint density at radius 2 is 1.54 bits per heavy atom. The van der Waals surface area contributed by atoms with Gasteiger partial charge in [0.1, 0.15) is 0 Å². The largest absolute Gasteiger partial charge is 1.00 e. The van der Waals surface area contributed by atoms with Gasteiger partial charge in [-0.05, 0) is 19.3 Å². The van der Waals surface area contributed by atoms with Crippen molar-refractivity contribution in [2.24, 2.45) is 0 Å². The minimum atomic E-state index is 0. The first-order chi connectivity index (χ1) is 5.56. The fraction of sp³-hybridized carbons (Fsp3) is 0.818. The van der Waals surface area contributed by atoms with Crippen molar-refractivity contribution in [1.82, 2.24) is 0 Å². The molecule has 0 aliphatic heterocycles. The molecular weight excluding hydrogens is 226 g/mol. The summed E-state index contributed by atoms with van der Waals surface area (Å²) in [6, 6.07) is 0. The summed E-state index contributed by atoms with van der Waals surface area (Å²) in [6.45, 7) is 3.49. The van der Waals surface area contributed by atoms with Gasteiger partial charge in [0.15, 0.2) is 0 Å². The lowest BCUT2D eigenvalue weighted by atomic mass is 10.2. The van der Waals surface area contributed by atoms with Crippen molar-refractivity contribution in [3.05, 3.63) is 12.2 Å². The van der Waals surface area contributed by atoms with E-state index in [2.05, 4.69) is 40.2 Å². The van der Waals surface area contributed by atoms with E-state index >= 15 is 0 Å². The number of hydrogen-bond acceptors (Lipinski definition) is 0. The first-order valence-electron chi connectivity index (χ1n) is 5.01. The van der Waals surface area contributed by atoms with E-state index in [0.717, 1.165) is 4.48 Å². The zero-order valence-electron chi connectivity index (χ0n) is 9.52. The molecule has 0 unspecified atom stereocenters. The lowest BCUT2D eigenvalue weighted by molar-refractivity contribution is -0.870. The summed E-state index contributed by atoms with van der Waals surface area (Å²) < 4.78 is 1.08. The van der Waals surface area contributed by atoms with Gasteiger partial charge in [0.05, 0.1) is 27.7 Å². The second-order valence-corrected chi connectivity index (χ2v) is 4.42. The summed E-state index contributed by atoms with van der Waals surface area (Å²) in [6.07, 6.45) is 9.68. The Balaban J connectivity index is 0. The van der Waals surface area contributed by atoms with Gasteiger partial charge in [-0.3, -0.25) is 0 Å². The van der Waals surface area contributed by atoms with Gasteiger partial charge in [0.25, 0.3) is 0 Å². The van der Waals surface area contributed by atoms with Crippen LogP contribution in [0, 0.1) is 0 Å². The molecule has 0 amide bonds. The summed E-state index contributed by atoms with van der Waals surface area (Å²) in [5.74, 6) is 0. The molecule has 0 atom stereocenters. The van der Waals surface area contributed by atoms with Crippen LogP contribution in [0.2, 0.25) is 0 Å². The van der Waals surface area contributed by atoms with Crippen molar-refractivity contribution in [3.8, 4) is 0 Å². The Morgan fingerprint density at radius 3 is 2.00 bits per heavy atom. The molecule has 0 fully saturated rings. The second kappa shape index (κ2) is 8.76. The second-order valence-electron chi connectivity index (χ2n) is 4.42. The molecule has 0 aliphatic rings. The summed E-state index contributed by atoms with van der Waals surface area (Å²) in [5, 5.41) is 0. The highest BCUT2D eigenvalue weighted by atomic mass is 79.9. The van der Waals surface area contributed by atoms with Crippen LogP contribution >= 0.6 is 0 Å². The number of unbranched alkanes of at least 4 members (excludes halogenated alkanes) is 2. The van der Waals surface area contributed by atoms with Gasteiger partial charge >= 0.3 is 0 Å². The van der Waals surface area contributed by atoms with Gasteiger partial charge in [0.2, 0.25) is 0 Å². The zero-order valence-corrected chi connectivity index (χ0v) is 11.1. The fourth-order valence-corrected chi connectivity index (χ4v) is 1.09. The molecule has 1 nitrogen and oxygen atoms in total. The van der Waals surface area contributed by atoms with Crippen molar-refractivity contribution in [3.63, 3.8) is 0 Å². The van der Waals surface area contributed by atoms with E-state index < -0.39 is 0 Å². The molecule has 0 aliphatic carbocycles. The third-order valence-electron chi connectivity index (χ3n) is 1.82. The third-order valence-corrected chi connectivity index (χ3v) is 1.82. The van der Waals surface area contributed by atoms with Gasteiger partial charge < -0.3 is 21.5 Å². The van der Waals surface area contributed by atoms with Crippen LogP contribution in [0.3, 0.4) is 0 Å². The average Bonchev–Trinajstić information content (AvgIpc) is 1.94. The molecule has 0 spiro atoms. The summed E-state index contributed by atoms with van der Waals surface area (Å²) in [5.41, 5.74) is 0. The van der Waals surface area contributed by atoms with E-state index in [9.17, 15) is 0 Å². The lowest BCUT2D eigenvalue weighted by Crippen LogP contribution is -3.00. The molecule has 0 saturated carbocycles. The molecule has 0 aromatic heterocycles. The molecular formula is C11H24BrN.